The highest BCUT2D eigenvalue weighted by atomic mass is 35.5. The summed E-state index contributed by atoms with van der Waals surface area (Å²) in [5.41, 5.74) is 1.38. The van der Waals surface area contributed by atoms with Crippen molar-refractivity contribution in [2.24, 2.45) is 0 Å². The fraction of sp³-hybridized carbons (Fsp3) is 0.231. The zero-order chi connectivity index (χ0) is 12.4. The summed E-state index contributed by atoms with van der Waals surface area (Å²) in [6.45, 7) is 1.83. The minimum absolute atomic E-state index is 0.341. The molecule has 1 unspecified atom stereocenters. The van der Waals surface area contributed by atoms with Gasteiger partial charge >= 0.3 is 0 Å². The Bertz CT molecular complexity index is 522. The van der Waals surface area contributed by atoms with Gasteiger partial charge in [0.25, 0.3) is 0 Å². The fourth-order valence-electron chi connectivity index (χ4n) is 1.68. The van der Waals surface area contributed by atoms with E-state index in [0.29, 0.717) is 11.3 Å². The van der Waals surface area contributed by atoms with Gasteiger partial charge in [-0.05, 0) is 31.2 Å². The van der Waals surface area contributed by atoms with Gasteiger partial charge in [0.15, 0.2) is 0 Å². The Morgan fingerprint density at radius 2 is 2.12 bits per heavy atom. The lowest BCUT2D eigenvalue weighted by Crippen LogP contribution is -1.97. The first-order valence-electron chi connectivity index (χ1n) is 5.14. The van der Waals surface area contributed by atoms with Crippen molar-refractivity contribution in [2.75, 3.05) is 7.11 Å². The molecular weight excluding hydrogens is 243 g/mol. The molecule has 17 heavy (non-hydrogen) atoms. The molecule has 90 valence electrons. The highest BCUT2D eigenvalue weighted by molar-refractivity contribution is 6.22. The smallest absolute Gasteiger partial charge is 0.124 e. The highest BCUT2D eigenvalue weighted by Crippen LogP contribution is 2.36. The van der Waals surface area contributed by atoms with Crippen LogP contribution in [0.1, 0.15) is 22.3 Å². The maximum Gasteiger partial charge on any atom is 0.124 e. The number of hydrogen-bond donors (Lipinski definition) is 0. The number of furan rings is 1. The van der Waals surface area contributed by atoms with Gasteiger partial charge in [-0.3, -0.25) is 0 Å². The van der Waals surface area contributed by atoms with Gasteiger partial charge in [-0.1, -0.05) is 0 Å². The molecule has 0 aliphatic carbocycles. The van der Waals surface area contributed by atoms with Crippen LogP contribution in [0.5, 0.6) is 5.75 Å². The number of rotatable bonds is 3. The van der Waals surface area contributed by atoms with Crippen molar-refractivity contribution in [3.05, 3.63) is 53.2 Å². The molecule has 0 spiro atoms. The molecule has 1 aromatic heterocycles. The second kappa shape index (κ2) is 4.80. The van der Waals surface area contributed by atoms with E-state index >= 15 is 0 Å². The Hall–Kier alpha value is -1.48. The molecule has 0 aliphatic rings. The summed E-state index contributed by atoms with van der Waals surface area (Å²) in [7, 11) is 1.53. The summed E-state index contributed by atoms with van der Waals surface area (Å²) in [5, 5.41) is -0.488. The zero-order valence-corrected chi connectivity index (χ0v) is 10.3. The van der Waals surface area contributed by atoms with E-state index in [1.165, 1.54) is 19.2 Å². The Kier molecular flexibility index (Phi) is 3.38. The van der Waals surface area contributed by atoms with Gasteiger partial charge < -0.3 is 9.15 Å². The van der Waals surface area contributed by atoms with E-state index in [4.69, 9.17) is 20.8 Å². The van der Waals surface area contributed by atoms with E-state index in [9.17, 15) is 4.39 Å². The number of ether oxygens (including phenoxy) is 1. The van der Waals surface area contributed by atoms with Gasteiger partial charge in [0.2, 0.25) is 0 Å². The first kappa shape index (κ1) is 12.0. The number of benzene rings is 1. The summed E-state index contributed by atoms with van der Waals surface area (Å²) >= 11 is 6.29. The second-order valence-corrected chi connectivity index (χ2v) is 4.18. The maximum atomic E-state index is 13.2. The first-order valence-corrected chi connectivity index (χ1v) is 5.58. The van der Waals surface area contributed by atoms with Gasteiger partial charge in [-0.15, -0.1) is 11.6 Å². The van der Waals surface area contributed by atoms with Crippen molar-refractivity contribution >= 4 is 11.6 Å². The number of aryl methyl sites for hydroxylation is 1. The molecular formula is C13H12ClFO2. The first-order chi connectivity index (χ1) is 8.11. The lowest BCUT2D eigenvalue weighted by Gasteiger charge is -2.12. The van der Waals surface area contributed by atoms with Crippen molar-refractivity contribution in [1.29, 1.82) is 0 Å². The van der Waals surface area contributed by atoms with Crippen LogP contribution in [-0.2, 0) is 0 Å². The van der Waals surface area contributed by atoms with E-state index in [1.807, 2.05) is 13.0 Å². The van der Waals surface area contributed by atoms with Crippen molar-refractivity contribution < 1.29 is 13.5 Å². The summed E-state index contributed by atoms with van der Waals surface area (Å²) in [6, 6.07) is 6.10. The number of hydrogen-bond acceptors (Lipinski definition) is 2. The Morgan fingerprint density at radius 3 is 2.71 bits per heavy atom. The molecule has 2 aromatic rings. The number of methoxy groups -OCH3 is 1. The zero-order valence-electron chi connectivity index (χ0n) is 9.54. The van der Waals surface area contributed by atoms with Crippen molar-refractivity contribution in [2.45, 2.75) is 12.3 Å². The van der Waals surface area contributed by atoms with E-state index in [-0.39, 0.29) is 5.82 Å². The molecule has 0 saturated carbocycles. The van der Waals surface area contributed by atoms with Crippen LogP contribution in [0.15, 0.2) is 34.9 Å². The van der Waals surface area contributed by atoms with Crippen LogP contribution in [0.2, 0.25) is 0 Å². The monoisotopic (exact) mass is 254 g/mol. The molecule has 0 fully saturated rings. The van der Waals surface area contributed by atoms with Gasteiger partial charge in [0.1, 0.15) is 17.3 Å². The topological polar surface area (TPSA) is 22.4 Å². The van der Waals surface area contributed by atoms with E-state index in [0.717, 1.165) is 11.3 Å². The van der Waals surface area contributed by atoms with Crippen LogP contribution in [0.4, 0.5) is 4.39 Å². The van der Waals surface area contributed by atoms with E-state index in [1.54, 1.807) is 12.3 Å². The van der Waals surface area contributed by atoms with E-state index in [2.05, 4.69) is 0 Å². The third-order valence-corrected chi connectivity index (χ3v) is 3.00. The lowest BCUT2D eigenvalue weighted by molar-refractivity contribution is 0.408. The summed E-state index contributed by atoms with van der Waals surface area (Å²) in [6.07, 6.45) is 1.57. The molecule has 4 heteroatoms. The molecule has 1 aromatic carbocycles. The largest absolute Gasteiger partial charge is 0.496 e. The normalized spacial score (nSPS) is 12.5. The molecule has 2 rings (SSSR count). The summed E-state index contributed by atoms with van der Waals surface area (Å²) < 4.78 is 23.6. The van der Waals surface area contributed by atoms with Crippen LogP contribution in [0.3, 0.4) is 0 Å². The minimum Gasteiger partial charge on any atom is -0.496 e. The Labute approximate surface area is 104 Å². The Balaban J connectivity index is 2.42. The van der Waals surface area contributed by atoms with Crippen LogP contribution >= 0.6 is 11.6 Å². The standard InChI is InChI=1S/C13H12ClFO2/c1-8-5-9(7-17-8)13(14)11-6-10(15)3-4-12(11)16-2/h3-7,13H,1-2H3. The molecule has 0 N–H and O–H groups in total. The summed E-state index contributed by atoms with van der Waals surface area (Å²) in [5.74, 6) is 0.984. The van der Waals surface area contributed by atoms with Crippen LogP contribution in [0.25, 0.3) is 0 Å². The average Bonchev–Trinajstić information content (AvgIpc) is 2.75. The molecule has 0 saturated heterocycles. The van der Waals surface area contributed by atoms with Crippen molar-refractivity contribution in [1.82, 2.24) is 0 Å². The molecule has 0 bridgehead atoms. The number of alkyl halides is 1. The number of halogens is 2. The summed E-state index contributed by atoms with van der Waals surface area (Å²) in [4.78, 5) is 0. The average molecular weight is 255 g/mol. The minimum atomic E-state index is -0.488. The third-order valence-electron chi connectivity index (χ3n) is 2.51. The molecule has 0 aliphatic heterocycles. The molecule has 1 heterocycles. The molecule has 2 nitrogen and oxygen atoms in total. The molecule has 0 radical (unpaired) electrons. The van der Waals surface area contributed by atoms with Gasteiger partial charge in [0.05, 0.1) is 18.8 Å². The van der Waals surface area contributed by atoms with Crippen LogP contribution < -0.4 is 4.74 Å². The van der Waals surface area contributed by atoms with Crippen molar-refractivity contribution in [3.63, 3.8) is 0 Å². The van der Waals surface area contributed by atoms with Gasteiger partial charge in [0, 0.05) is 11.1 Å². The quantitative estimate of drug-likeness (QED) is 0.771. The van der Waals surface area contributed by atoms with Crippen molar-refractivity contribution in [3.8, 4) is 5.75 Å². The van der Waals surface area contributed by atoms with Crippen LogP contribution in [0, 0.1) is 12.7 Å². The van der Waals surface area contributed by atoms with Crippen LogP contribution in [-0.4, -0.2) is 7.11 Å². The fourth-order valence-corrected chi connectivity index (χ4v) is 1.96. The van der Waals surface area contributed by atoms with Gasteiger partial charge in [-0.2, -0.15) is 0 Å². The molecule has 1 atom stereocenters. The predicted octanol–water partition coefficient (Wildman–Crippen LogP) is 4.06. The van der Waals surface area contributed by atoms with Gasteiger partial charge in [-0.25, -0.2) is 4.39 Å². The SMILES string of the molecule is COc1ccc(F)cc1C(Cl)c1coc(C)c1. The second-order valence-electron chi connectivity index (χ2n) is 3.74. The third kappa shape index (κ3) is 2.44. The Morgan fingerprint density at radius 1 is 1.35 bits per heavy atom. The lowest BCUT2D eigenvalue weighted by atomic mass is 10.1. The maximum absolute atomic E-state index is 13.2. The van der Waals surface area contributed by atoms with E-state index < -0.39 is 5.38 Å². The highest BCUT2D eigenvalue weighted by Gasteiger charge is 2.18. The predicted molar refractivity (Wildman–Crippen MR) is 64.1 cm³/mol. The molecule has 0 amide bonds.